The Kier molecular flexibility index (Phi) is 6.02. The number of hydrogen-bond acceptors (Lipinski definition) is 4. The topological polar surface area (TPSA) is 41.6 Å². The average molecular weight is 399 g/mol. The van der Waals surface area contributed by atoms with E-state index in [1.54, 1.807) is 18.4 Å². The fraction of sp³-hybridized carbons (Fsp3) is 0.522. The molecule has 1 aliphatic heterocycles. The first-order valence-electron chi connectivity index (χ1n) is 10.3. The third-order valence-electron chi connectivity index (χ3n) is 6.39. The molecule has 1 atom stereocenters. The number of amides is 1. The summed E-state index contributed by atoms with van der Waals surface area (Å²) in [6, 6.07) is 10.8. The molecule has 1 saturated carbocycles. The van der Waals surface area contributed by atoms with Gasteiger partial charge < -0.3 is 15.0 Å². The van der Waals surface area contributed by atoms with E-state index in [1.165, 1.54) is 30.4 Å². The second kappa shape index (κ2) is 8.66. The third-order valence-corrected chi connectivity index (χ3v) is 7.12. The Morgan fingerprint density at radius 3 is 2.68 bits per heavy atom. The van der Waals surface area contributed by atoms with Gasteiger partial charge in [-0.05, 0) is 90.7 Å². The van der Waals surface area contributed by atoms with Crippen molar-refractivity contribution in [3.8, 4) is 5.75 Å². The number of nitrogens with zero attached hydrogens (tertiary/aromatic N) is 1. The van der Waals surface area contributed by atoms with Crippen LogP contribution in [-0.2, 0) is 17.8 Å². The number of hydrogen-bond donors (Lipinski definition) is 1. The second-order valence-electron chi connectivity index (χ2n) is 8.19. The van der Waals surface area contributed by atoms with Gasteiger partial charge in [0.25, 0.3) is 0 Å². The molecule has 2 aliphatic rings. The minimum absolute atomic E-state index is 0.320. The monoisotopic (exact) mass is 398 g/mol. The standard InChI is InChI=1S/C23H30N2O2S/c1-27-20-7-5-18(6-8-20)3-2-4-22(26)25(16-19-9-14-28-17-19)21-15-23(21)10-12-24-13-11-23/h5-9,14,17,21,24H,2-4,10-13,15-16H2,1H3. The van der Waals surface area contributed by atoms with Crippen LogP contribution >= 0.6 is 11.3 Å². The Bertz CT molecular complexity index is 766. The van der Waals surface area contributed by atoms with Gasteiger partial charge in [0.2, 0.25) is 5.91 Å². The Morgan fingerprint density at radius 2 is 2.00 bits per heavy atom. The quantitative estimate of drug-likeness (QED) is 0.723. The molecule has 4 rings (SSSR count). The van der Waals surface area contributed by atoms with Gasteiger partial charge in [-0.15, -0.1) is 0 Å². The third kappa shape index (κ3) is 4.41. The number of ether oxygens (including phenoxy) is 1. The van der Waals surface area contributed by atoms with Crippen molar-refractivity contribution in [1.29, 1.82) is 0 Å². The first-order chi connectivity index (χ1) is 13.7. The zero-order valence-electron chi connectivity index (χ0n) is 16.7. The summed E-state index contributed by atoms with van der Waals surface area (Å²) in [5.41, 5.74) is 2.91. The van der Waals surface area contributed by atoms with E-state index in [2.05, 4.69) is 39.2 Å². The summed E-state index contributed by atoms with van der Waals surface area (Å²) in [4.78, 5) is 15.4. The SMILES string of the molecule is COc1ccc(CCCC(=O)N(Cc2ccsc2)C2CC23CCNCC3)cc1. The number of rotatable bonds is 8. The maximum absolute atomic E-state index is 13.2. The summed E-state index contributed by atoms with van der Waals surface area (Å²) >= 11 is 1.71. The van der Waals surface area contributed by atoms with Gasteiger partial charge >= 0.3 is 0 Å². The van der Waals surface area contributed by atoms with Crippen molar-refractivity contribution in [3.05, 3.63) is 52.2 Å². The zero-order chi connectivity index (χ0) is 19.4. The predicted octanol–water partition coefficient (Wildman–Crippen LogP) is 4.25. The molecule has 1 N–H and O–H groups in total. The number of nitrogens with one attached hydrogen (secondary N) is 1. The summed E-state index contributed by atoms with van der Waals surface area (Å²) in [6.45, 7) is 2.95. The first kappa shape index (κ1) is 19.5. The number of piperidine rings is 1. The van der Waals surface area contributed by atoms with Gasteiger partial charge in [0, 0.05) is 19.0 Å². The number of aryl methyl sites for hydroxylation is 1. The van der Waals surface area contributed by atoms with Crippen molar-refractivity contribution in [3.63, 3.8) is 0 Å². The highest BCUT2D eigenvalue weighted by atomic mass is 32.1. The Labute approximate surface area is 171 Å². The minimum atomic E-state index is 0.320. The van der Waals surface area contributed by atoms with E-state index in [0.717, 1.165) is 38.2 Å². The van der Waals surface area contributed by atoms with Crippen LogP contribution in [0.25, 0.3) is 0 Å². The summed E-state index contributed by atoms with van der Waals surface area (Å²) in [6.07, 6.45) is 6.05. The van der Waals surface area contributed by atoms with E-state index < -0.39 is 0 Å². The summed E-state index contributed by atoms with van der Waals surface area (Å²) < 4.78 is 5.22. The summed E-state index contributed by atoms with van der Waals surface area (Å²) in [5, 5.41) is 7.75. The van der Waals surface area contributed by atoms with Crippen LogP contribution in [0.4, 0.5) is 0 Å². The molecule has 1 spiro atoms. The average Bonchev–Trinajstić information content (AvgIpc) is 3.15. The van der Waals surface area contributed by atoms with Gasteiger partial charge in [-0.2, -0.15) is 11.3 Å². The molecule has 150 valence electrons. The van der Waals surface area contributed by atoms with E-state index in [4.69, 9.17) is 4.74 Å². The van der Waals surface area contributed by atoms with Crippen molar-refractivity contribution in [2.75, 3.05) is 20.2 Å². The fourth-order valence-electron chi connectivity index (χ4n) is 4.56. The predicted molar refractivity (Wildman–Crippen MR) is 114 cm³/mol. The van der Waals surface area contributed by atoms with E-state index in [1.807, 2.05) is 12.1 Å². The number of benzene rings is 1. The molecule has 1 amide bonds. The normalized spacial score (nSPS) is 20.1. The van der Waals surface area contributed by atoms with Gasteiger partial charge in [0.15, 0.2) is 0 Å². The highest BCUT2D eigenvalue weighted by molar-refractivity contribution is 7.07. The molecule has 1 aromatic carbocycles. The largest absolute Gasteiger partial charge is 0.497 e. The van der Waals surface area contributed by atoms with Crippen LogP contribution in [0.3, 0.4) is 0 Å². The number of carbonyl (C=O) groups excluding carboxylic acids is 1. The van der Waals surface area contributed by atoms with Gasteiger partial charge in [0.1, 0.15) is 5.75 Å². The smallest absolute Gasteiger partial charge is 0.223 e. The Hall–Kier alpha value is -1.85. The lowest BCUT2D eigenvalue weighted by atomic mass is 9.93. The van der Waals surface area contributed by atoms with Crippen molar-refractivity contribution >= 4 is 17.2 Å². The van der Waals surface area contributed by atoms with Gasteiger partial charge in [0.05, 0.1) is 7.11 Å². The lowest BCUT2D eigenvalue weighted by Crippen LogP contribution is -2.39. The molecule has 4 nitrogen and oxygen atoms in total. The Morgan fingerprint density at radius 1 is 1.21 bits per heavy atom. The lowest BCUT2D eigenvalue weighted by molar-refractivity contribution is -0.133. The first-order valence-corrected chi connectivity index (χ1v) is 11.3. The molecular formula is C23H30N2O2S. The fourth-order valence-corrected chi connectivity index (χ4v) is 5.22. The van der Waals surface area contributed by atoms with E-state index >= 15 is 0 Å². The van der Waals surface area contributed by atoms with Crippen molar-refractivity contribution in [1.82, 2.24) is 10.2 Å². The van der Waals surface area contributed by atoms with Crippen LogP contribution in [0.1, 0.15) is 43.2 Å². The Balaban J connectivity index is 1.36. The zero-order valence-corrected chi connectivity index (χ0v) is 17.5. The number of methoxy groups -OCH3 is 1. The van der Waals surface area contributed by atoms with Crippen molar-refractivity contribution < 1.29 is 9.53 Å². The molecule has 2 fully saturated rings. The molecule has 2 aromatic rings. The highest BCUT2D eigenvalue weighted by Gasteiger charge is 2.57. The molecule has 2 heterocycles. The van der Waals surface area contributed by atoms with Crippen LogP contribution in [0.5, 0.6) is 5.75 Å². The molecule has 1 aliphatic carbocycles. The summed E-state index contributed by atoms with van der Waals surface area (Å²) in [5.74, 6) is 1.20. The van der Waals surface area contributed by atoms with Crippen LogP contribution in [0.2, 0.25) is 0 Å². The molecule has 28 heavy (non-hydrogen) atoms. The molecule has 5 heteroatoms. The maximum Gasteiger partial charge on any atom is 0.223 e. The van der Waals surface area contributed by atoms with E-state index in [-0.39, 0.29) is 0 Å². The summed E-state index contributed by atoms with van der Waals surface area (Å²) in [7, 11) is 1.68. The van der Waals surface area contributed by atoms with Gasteiger partial charge in [-0.25, -0.2) is 0 Å². The van der Waals surface area contributed by atoms with E-state index in [0.29, 0.717) is 23.8 Å². The molecule has 0 bridgehead atoms. The van der Waals surface area contributed by atoms with Crippen LogP contribution in [0.15, 0.2) is 41.1 Å². The molecule has 1 aromatic heterocycles. The molecule has 0 radical (unpaired) electrons. The second-order valence-corrected chi connectivity index (χ2v) is 8.97. The van der Waals surface area contributed by atoms with Gasteiger partial charge in [-0.1, -0.05) is 12.1 Å². The number of carbonyl (C=O) groups is 1. The maximum atomic E-state index is 13.2. The lowest BCUT2D eigenvalue weighted by Gasteiger charge is -2.29. The molecule has 1 unspecified atom stereocenters. The molecule has 1 saturated heterocycles. The molecular weight excluding hydrogens is 368 g/mol. The number of thiophene rings is 1. The van der Waals surface area contributed by atoms with E-state index in [9.17, 15) is 4.79 Å². The van der Waals surface area contributed by atoms with Gasteiger partial charge in [-0.3, -0.25) is 4.79 Å². The van der Waals surface area contributed by atoms with Crippen LogP contribution in [-0.4, -0.2) is 37.0 Å². The van der Waals surface area contributed by atoms with Crippen molar-refractivity contribution in [2.45, 2.75) is 51.1 Å². The minimum Gasteiger partial charge on any atom is -0.497 e. The van der Waals surface area contributed by atoms with Crippen molar-refractivity contribution in [2.24, 2.45) is 5.41 Å². The van der Waals surface area contributed by atoms with Crippen LogP contribution < -0.4 is 10.1 Å². The van der Waals surface area contributed by atoms with Crippen LogP contribution in [0, 0.1) is 5.41 Å². The highest BCUT2D eigenvalue weighted by Crippen LogP contribution is 2.56.